The van der Waals surface area contributed by atoms with Crippen LogP contribution in [-0.2, 0) is 0 Å². The van der Waals surface area contributed by atoms with Gasteiger partial charge in [-0.2, -0.15) is 12.6 Å². The van der Waals surface area contributed by atoms with Crippen molar-refractivity contribution in [2.75, 3.05) is 25.4 Å². The molecule has 0 bridgehead atoms. The largest absolute Gasteiger partial charge is 0.303 e. The van der Waals surface area contributed by atoms with Crippen molar-refractivity contribution in [3.8, 4) is 0 Å². The van der Waals surface area contributed by atoms with Crippen LogP contribution in [0.2, 0.25) is 0 Å². The Hall–Kier alpha value is 0.310. The highest BCUT2D eigenvalue weighted by molar-refractivity contribution is 7.80. The highest BCUT2D eigenvalue weighted by atomic mass is 32.1. The number of rotatable bonds is 7. The Bertz CT molecular complexity index is 158. The summed E-state index contributed by atoms with van der Waals surface area (Å²) in [6.07, 6.45) is 8.21. The molecular formula is C13H27NS. The Kier molecular flexibility index (Phi) is 6.06. The minimum Gasteiger partial charge on any atom is -0.303 e. The molecule has 15 heavy (non-hydrogen) atoms. The lowest BCUT2D eigenvalue weighted by Gasteiger charge is -2.34. The number of nitrogens with zero attached hydrogens (tertiary/aromatic N) is 1. The van der Waals surface area contributed by atoms with Crippen LogP contribution >= 0.6 is 12.6 Å². The summed E-state index contributed by atoms with van der Waals surface area (Å²) in [5, 5.41) is 0. The summed E-state index contributed by atoms with van der Waals surface area (Å²) < 4.78 is 0. The Labute approximate surface area is 101 Å². The van der Waals surface area contributed by atoms with Crippen molar-refractivity contribution in [2.45, 2.75) is 52.4 Å². The lowest BCUT2D eigenvalue weighted by atomic mass is 9.87. The van der Waals surface area contributed by atoms with E-state index in [9.17, 15) is 0 Å². The molecule has 1 nitrogen and oxygen atoms in total. The van der Waals surface area contributed by atoms with Gasteiger partial charge in [0.1, 0.15) is 0 Å². The van der Waals surface area contributed by atoms with Gasteiger partial charge in [0, 0.05) is 6.54 Å². The molecule has 0 saturated heterocycles. The number of thiol groups is 1. The summed E-state index contributed by atoms with van der Waals surface area (Å²) in [5.41, 5.74) is 0.549. The van der Waals surface area contributed by atoms with Gasteiger partial charge in [0.25, 0.3) is 0 Å². The molecule has 0 radical (unpaired) electrons. The van der Waals surface area contributed by atoms with Gasteiger partial charge in [-0.15, -0.1) is 0 Å². The van der Waals surface area contributed by atoms with Gasteiger partial charge in [-0.3, -0.25) is 0 Å². The molecule has 1 rings (SSSR count). The van der Waals surface area contributed by atoms with Crippen LogP contribution in [0.1, 0.15) is 52.4 Å². The van der Waals surface area contributed by atoms with Gasteiger partial charge < -0.3 is 4.90 Å². The van der Waals surface area contributed by atoms with Gasteiger partial charge >= 0.3 is 0 Å². The van der Waals surface area contributed by atoms with E-state index in [2.05, 4.69) is 31.4 Å². The first-order valence-corrected chi connectivity index (χ1v) is 7.23. The minimum absolute atomic E-state index is 0.549. The molecule has 1 fully saturated rings. The summed E-state index contributed by atoms with van der Waals surface area (Å²) in [7, 11) is 0. The van der Waals surface area contributed by atoms with Crippen LogP contribution in [0.25, 0.3) is 0 Å². The number of hydrogen-bond acceptors (Lipinski definition) is 2. The summed E-state index contributed by atoms with van der Waals surface area (Å²) in [6.45, 7) is 8.39. The van der Waals surface area contributed by atoms with Crippen molar-refractivity contribution in [3.05, 3.63) is 0 Å². The van der Waals surface area contributed by atoms with Crippen molar-refractivity contribution in [1.82, 2.24) is 4.90 Å². The lowest BCUT2D eigenvalue weighted by molar-refractivity contribution is 0.171. The zero-order valence-corrected chi connectivity index (χ0v) is 11.4. The van der Waals surface area contributed by atoms with Gasteiger partial charge in [0.2, 0.25) is 0 Å². The second kappa shape index (κ2) is 6.80. The zero-order valence-electron chi connectivity index (χ0n) is 10.5. The van der Waals surface area contributed by atoms with Crippen LogP contribution in [-0.4, -0.2) is 30.3 Å². The maximum absolute atomic E-state index is 4.59. The Morgan fingerprint density at radius 2 is 1.60 bits per heavy atom. The lowest BCUT2D eigenvalue weighted by Crippen LogP contribution is -2.38. The van der Waals surface area contributed by atoms with E-state index < -0.39 is 0 Å². The Balaban J connectivity index is 2.46. The molecular weight excluding hydrogens is 202 g/mol. The molecule has 0 N–H and O–H groups in total. The second-order valence-electron chi connectivity index (χ2n) is 5.14. The van der Waals surface area contributed by atoms with Gasteiger partial charge in [-0.05, 0) is 49.9 Å². The first-order valence-electron chi connectivity index (χ1n) is 6.59. The van der Waals surface area contributed by atoms with Crippen molar-refractivity contribution < 1.29 is 0 Å². The molecule has 2 heteroatoms. The third-order valence-corrected chi connectivity index (χ3v) is 4.31. The van der Waals surface area contributed by atoms with Crippen molar-refractivity contribution in [2.24, 2.45) is 5.41 Å². The Morgan fingerprint density at radius 3 is 2.00 bits per heavy atom. The normalized spacial score (nSPS) is 20.0. The molecule has 90 valence electrons. The fourth-order valence-electron chi connectivity index (χ4n) is 2.87. The van der Waals surface area contributed by atoms with E-state index in [1.165, 1.54) is 58.2 Å². The van der Waals surface area contributed by atoms with E-state index in [-0.39, 0.29) is 0 Å². The van der Waals surface area contributed by atoms with Crippen LogP contribution in [0.4, 0.5) is 0 Å². The average molecular weight is 229 g/mol. The molecule has 0 unspecified atom stereocenters. The van der Waals surface area contributed by atoms with E-state index >= 15 is 0 Å². The molecule has 0 heterocycles. The predicted molar refractivity (Wildman–Crippen MR) is 71.8 cm³/mol. The molecule has 0 aromatic heterocycles. The fourth-order valence-corrected chi connectivity index (χ4v) is 3.28. The van der Waals surface area contributed by atoms with Crippen LogP contribution < -0.4 is 0 Å². The monoisotopic (exact) mass is 229 g/mol. The highest BCUT2D eigenvalue weighted by Crippen LogP contribution is 2.39. The molecule has 1 aliphatic carbocycles. The van der Waals surface area contributed by atoms with Crippen molar-refractivity contribution in [1.29, 1.82) is 0 Å². The van der Waals surface area contributed by atoms with E-state index in [0.29, 0.717) is 5.41 Å². The minimum atomic E-state index is 0.549. The second-order valence-corrected chi connectivity index (χ2v) is 5.46. The van der Waals surface area contributed by atoms with Gasteiger partial charge in [-0.1, -0.05) is 26.7 Å². The summed E-state index contributed by atoms with van der Waals surface area (Å²) in [4.78, 5) is 2.65. The van der Waals surface area contributed by atoms with E-state index in [4.69, 9.17) is 0 Å². The first-order chi connectivity index (χ1) is 7.26. The van der Waals surface area contributed by atoms with Crippen LogP contribution in [0.3, 0.4) is 0 Å². The molecule has 0 spiro atoms. The topological polar surface area (TPSA) is 3.24 Å². The zero-order chi connectivity index (χ0) is 11.1. The molecule has 1 saturated carbocycles. The third-order valence-electron chi connectivity index (χ3n) is 3.64. The molecule has 0 aromatic carbocycles. The first kappa shape index (κ1) is 13.4. The van der Waals surface area contributed by atoms with E-state index in [1.54, 1.807) is 0 Å². The molecule has 0 aromatic rings. The van der Waals surface area contributed by atoms with Crippen LogP contribution in [0, 0.1) is 5.41 Å². The van der Waals surface area contributed by atoms with Crippen molar-refractivity contribution in [3.63, 3.8) is 0 Å². The van der Waals surface area contributed by atoms with Gasteiger partial charge in [0.05, 0.1) is 0 Å². The average Bonchev–Trinajstić information content (AvgIpc) is 2.68. The fraction of sp³-hybridized carbons (Fsp3) is 1.00. The number of hydrogen-bond donors (Lipinski definition) is 1. The smallest absolute Gasteiger partial charge is 0.00458 e. The van der Waals surface area contributed by atoms with Crippen LogP contribution in [0.15, 0.2) is 0 Å². The maximum atomic E-state index is 4.59. The maximum Gasteiger partial charge on any atom is 0.00458 e. The summed E-state index contributed by atoms with van der Waals surface area (Å²) >= 11 is 4.59. The molecule has 0 amide bonds. The van der Waals surface area contributed by atoms with Gasteiger partial charge in [-0.25, -0.2) is 0 Å². The molecule has 1 aliphatic rings. The Morgan fingerprint density at radius 1 is 1.07 bits per heavy atom. The van der Waals surface area contributed by atoms with E-state index in [0.717, 1.165) is 5.75 Å². The third kappa shape index (κ3) is 3.99. The standard InChI is InChI=1S/C13H27NS/c1-3-9-14(10-4-2)11-13(12-15)7-5-6-8-13/h15H,3-12H2,1-2H3. The van der Waals surface area contributed by atoms with Crippen molar-refractivity contribution >= 4 is 12.6 Å². The van der Waals surface area contributed by atoms with Crippen LogP contribution in [0.5, 0.6) is 0 Å². The molecule has 0 aliphatic heterocycles. The predicted octanol–water partition coefficient (Wildman–Crippen LogP) is 3.60. The molecule has 0 atom stereocenters. The SMILES string of the molecule is CCCN(CCC)CC1(CS)CCCC1. The highest BCUT2D eigenvalue weighted by Gasteiger charge is 2.33. The summed E-state index contributed by atoms with van der Waals surface area (Å²) in [6, 6.07) is 0. The summed E-state index contributed by atoms with van der Waals surface area (Å²) in [5.74, 6) is 1.08. The van der Waals surface area contributed by atoms with Gasteiger partial charge in [0.15, 0.2) is 0 Å². The quantitative estimate of drug-likeness (QED) is 0.653. The van der Waals surface area contributed by atoms with E-state index in [1.807, 2.05) is 0 Å².